The first-order valence-corrected chi connectivity index (χ1v) is 7.44. The minimum Gasteiger partial charge on any atom is -0.462 e. The Kier molecular flexibility index (Phi) is 4.97. The summed E-state index contributed by atoms with van der Waals surface area (Å²) in [4.78, 5) is 20.2. The summed E-state index contributed by atoms with van der Waals surface area (Å²) in [7, 11) is 0. The zero-order valence-electron chi connectivity index (χ0n) is 10.7. The molecule has 0 aliphatic carbocycles. The van der Waals surface area contributed by atoms with E-state index in [0.717, 1.165) is 9.50 Å². The van der Waals surface area contributed by atoms with Gasteiger partial charge in [-0.25, -0.2) is 14.8 Å². The smallest absolute Gasteiger partial charge is 0.340 e. The summed E-state index contributed by atoms with van der Waals surface area (Å²) < 4.78 is 5.80. The van der Waals surface area contributed by atoms with Crippen LogP contribution in [0.15, 0.2) is 45.1 Å². The molecule has 0 fully saturated rings. The Morgan fingerprint density at radius 3 is 2.80 bits per heavy atom. The number of hydrogen-bond donors (Lipinski definition) is 1. The highest BCUT2D eigenvalue weighted by atomic mass is 79.9. The van der Waals surface area contributed by atoms with Crippen molar-refractivity contribution < 1.29 is 9.53 Å². The second-order valence-corrected chi connectivity index (χ2v) is 5.52. The van der Waals surface area contributed by atoms with Crippen LogP contribution in [0.2, 0.25) is 0 Å². The van der Waals surface area contributed by atoms with Gasteiger partial charge in [0.2, 0.25) is 0 Å². The maximum atomic E-state index is 11.8. The van der Waals surface area contributed by atoms with Crippen LogP contribution >= 0.6 is 27.7 Å². The molecule has 0 radical (unpaired) electrons. The number of rotatable bonds is 4. The number of nitrogens with zero attached hydrogens (tertiary/aromatic N) is 2. The molecule has 2 heterocycles. The average molecular weight is 354 g/mol. The number of anilines is 1. The molecule has 2 aromatic heterocycles. The standard InChI is InChI=1S/C13H12BrN3O2S/c1-2-19-13(18)8-5-7-17-12(10(8)15)20-11-9(14)4-3-6-16-11/h3-7H,2,15H2,1H3. The van der Waals surface area contributed by atoms with Gasteiger partial charge in [-0.3, -0.25) is 0 Å². The van der Waals surface area contributed by atoms with E-state index in [-0.39, 0.29) is 0 Å². The predicted molar refractivity (Wildman–Crippen MR) is 80.7 cm³/mol. The fourth-order valence-electron chi connectivity index (χ4n) is 1.46. The van der Waals surface area contributed by atoms with Gasteiger partial charge < -0.3 is 10.5 Å². The second kappa shape index (κ2) is 6.71. The predicted octanol–water partition coefficient (Wildman–Crippen LogP) is 3.15. The van der Waals surface area contributed by atoms with Gasteiger partial charge in [-0.2, -0.15) is 0 Å². The minimum absolute atomic E-state index is 0.300. The van der Waals surface area contributed by atoms with Crippen LogP contribution < -0.4 is 5.73 Å². The summed E-state index contributed by atoms with van der Waals surface area (Å²) >= 11 is 4.70. The maximum Gasteiger partial charge on any atom is 0.340 e. The van der Waals surface area contributed by atoms with E-state index in [1.54, 1.807) is 19.2 Å². The molecule has 7 heteroatoms. The van der Waals surface area contributed by atoms with E-state index in [0.29, 0.717) is 22.9 Å². The molecule has 0 unspecified atom stereocenters. The van der Waals surface area contributed by atoms with Crippen molar-refractivity contribution in [3.63, 3.8) is 0 Å². The summed E-state index contributed by atoms with van der Waals surface area (Å²) in [6.45, 7) is 2.05. The fraction of sp³-hybridized carbons (Fsp3) is 0.154. The fourth-order valence-corrected chi connectivity index (χ4v) is 2.75. The van der Waals surface area contributed by atoms with Crippen molar-refractivity contribution in [3.05, 3.63) is 40.6 Å². The first-order chi connectivity index (χ1) is 9.63. The molecule has 0 bridgehead atoms. The number of carbonyl (C=O) groups is 1. The number of pyridine rings is 2. The Balaban J connectivity index is 2.32. The molecule has 2 N–H and O–H groups in total. The Morgan fingerprint density at radius 1 is 1.35 bits per heavy atom. The summed E-state index contributed by atoms with van der Waals surface area (Å²) in [5, 5.41) is 1.25. The normalized spacial score (nSPS) is 10.3. The van der Waals surface area contributed by atoms with E-state index in [1.807, 2.05) is 12.1 Å². The first-order valence-electron chi connectivity index (χ1n) is 5.83. The van der Waals surface area contributed by atoms with E-state index in [4.69, 9.17) is 10.5 Å². The average Bonchev–Trinajstić information content (AvgIpc) is 2.43. The van der Waals surface area contributed by atoms with Crippen LogP contribution in [0.3, 0.4) is 0 Å². The zero-order chi connectivity index (χ0) is 14.5. The van der Waals surface area contributed by atoms with Crippen molar-refractivity contribution in [1.82, 2.24) is 9.97 Å². The molecule has 0 spiro atoms. The maximum absolute atomic E-state index is 11.8. The summed E-state index contributed by atoms with van der Waals surface area (Å²) in [5.41, 5.74) is 6.60. The molecule has 2 aromatic rings. The van der Waals surface area contributed by atoms with Gasteiger partial charge in [-0.1, -0.05) is 0 Å². The third-order valence-corrected chi connectivity index (χ3v) is 4.31. The van der Waals surface area contributed by atoms with Crippen LogP contribution in [-0.4, -0.2) is 22.5 Å². The third-order valence-electron chi connectivity index (χ3n) is 2.37. The van der Waals surface area contributed by atoms with Crippen LogP contribution in [0.1, 0.15) is 17.3 Å². The largest absolute Gasteiger partial charge is 0.462 e. The van der Waals surface area contributed by atoms with Gasteiger partial charge in [0, 0.05) is 12.4 Å². The Hall–Kier alpha value is -1.60. The molecular weight excluding hydrogens is 342 g/mol. The van der Waals surface area contributed by atoms with Gasteiger partial charge in [0.05, 0.1) is 22.3 Å². The molecule has 0 saturated carbocycles. The van der Waals surface area contributed by atoms with Crippen LogP contribution in [0.25, 0.3) is 0 Å². The number of aromatic nitrogens is 2. The quantitative estimate of drug-likeness (QED) is 0.850. The molecular formula is C13H12BrN3O2S. The van der Waals surface area contributed by atoms with Crippen LogP contribution in [0.5, 0.6) is 0 Å². The highest BCUT2D eigenvalue weighted by Gasteiger charge is 2.16. The van der Waals surface area contributed by atoms with Gasteiger partial charge in [-0.15, -0.1) is 0 Å². The van der Waals surface area contributed by atoms with Crippen molar-refractivity contribution in [2.24, 2.45) is 0 Å². The highest BCUT2D eigenvalue weighted by Crippen LogP contribution is 2.34. The van der Waals surface area contributed by atoms with Gasteiger partial charge in [0.25, 0.3) is 0 Å². The number of nitrogens with two attached hydrogens (primary N) is 1. The lowest BCUT2D eigenvalue weighted by Gasteiger charge is -2.09. The molecule has 2 rings (SSSR count). The topological polar surface area (TPSA) is 78.1 Å². The number of nitrogen functional groups attached to an aromatic ring is 1. The van der Waals surface area contributed by atoms with Gasteiger partial charge in [0.15, 0.2) is 0 Å². The highest BCUT2D eigenvalue weighted by molar-refractivity contribution is 9.10. The van der Waals surface area contributed by atoms with E-state index < -0.39 is 5.97 Å². The third kappa shape index (κ3) is 3.29. The zero-order valence-corrected chi connectivity index (χ0v) is 13.1. The lowest BCUT2D eigenvalue weighted by molar-refractivity contribution is 0.0527. The number of esters is 1. The first kappa shape index (κ1) is 14.8. The molecule has 0 aliphatic heterocycles. The van der Waals surface area contributed by atoms with E-state index >= 15 is 0 Å². The van der Waals surface area contributed by atoms with Gasteiger partial charge in [0.1, 0.15) is 10.1 Å². The van der Waals surface area contributed by atoms with Crippen LogP contribution in [-0.2, 0) is 4.74 Å². The summed E-state index contributed by atoms with van der Waals surface area (Å²) in [6, 6.07) is 5.24. The monoisotopic (exact) mass is 353 g/mol. The number of halogens is 1. The second-order valence-electron chi connectivity index (χ2n) is 3.69. The molecule has 0 atom stereocenters. The van der Waals surface area contributed by atoms with Crippen LogP contribution in [0, 0.1) is 0 Å². The Bertz CT molecular complexity index is 637. The molecule has 104 valence electrons. The molecule has 0 amide bonds. The Morgan fingerprint density at radius 2 is 2.10 bits per heavy atom. The SMILES string of the molecule is CCOC(=O)c1ccnc(Sc2ncccc2Br)c1N. The van der Waals surface area contributed by atoms with Crippen molar-refractivity contribution in [2.75, 3.05) is 12.3 Å². The summed E-state index contributed by atoms with van der Waals surface area (Å²) in [6.07, 6.45) is 3.21. The summed E-state index contributed by atoms with van der Waals surface area (Å²) in [5.74, 6) is -0.450. The molecule has 20 heavy (non-hydrogen) atoms. The molecule has 0 saturated heterocycles. The van der Waals surface area contributed by atoms with E-state index in [2.05, 4.69) is 25.9 Å². The Labute approximate surface area is 129 Å². The van der Waals surface area contributed by atoms with Gasteiger partial charge in [-0.05, 0) is 52.8 Å². The lowest BCUT2D eigenvalue weighted by atomic mass is 10.2. The van der Waals surface area contributed by atoms with Crippen LogP contribution in [0.4, 0.5) is 5.69 Å². The van der Waals surface area contributed by atoms with Crippen molar-refractivity contribution in [1.29, 1.82) is 0 Å². The van der Waals surface area contributed by atoms with Gasteiger partial charge >= 0.3 is 5.97 Å². The lowest BCUT2D eigenvalue weighted by Crippen LogP contribution is -2.09. The molecule has 0 aromatic carbocycles. The molecule has 5 nitrogen and oxygen atoms in total. The number of carbonyl (C=O) groups excluding carboxylic acids is 1. The van der Waals surface area contributed by atoms with E-state index in [1.165, 1.54) is 18.0 Å². The van der Waals surface area contributed by atoms with Crippen molar-refractivity contribution in [2.45, 2.75) is 17.0 Å². The number of hydrogen-bond acceptors (Lipinski definition) is 6. The van der Waals surface area contributed by atoms with Crippen molar-refractivity contribution >= 4 is 39.3 Å². The number of ether oxygens (including phenoxy) is 1. The minimum atomic E-state index is -0.450. The van der Waals surface area contributed by atoms with E-state index in [9.17, 15) is 4.79 Å². The molecule has 0 aliphatic rings. The van der Waals surface area contributed by atoms with Crippen molar-refractivity contribution in [3.8, 4) is 0 Å².